The van der Waals surface area contributed by atoms with E-state index in [-0.39, 0.29) is 12.5 Å². The van der Waals surface area contributed by atoms with Crippen molar-refractivity contribution in [1.82, 2.24) is 10.3 Å². The standard InChI is InChI=1S/C15H18N2O2/c1-2-7-16-14(10-15(18)19)12-5-6-13-11(9-12)4-3-8-17-13/h3-6,8-9,14,16H,2,7,10H2,1H3,(H,18,19). The highest BCUT2D eigenvalue weighted by Crippen LogP contribution is 2.21. The van der Waals surface area contributed by atoms with Crippen molar-refractivity contribution in [3.8, 4) is 0 Å². The SMILES string of the molecule is CCCNC(CC(=O)O)c1ccc2ncccc2c1. The molecule has 1 unspecified atom stereocenters. The van der Waals surface area contributed by atoms with Crippen molar-refractivity contribution in [1.29, 1.82) is 0 Å². The predicted octanol–water partition coefficient (Wildman–Crippen LogP) is 2.75. The molecule has 1 aromatic carbocycles. The fourth-order valence-electron chi connectivity index (χ4n) is 2.11. The molecule has 2 N–H and O–H groups in total. The fraction of sp³-hybridized carbons (Fsp3) is 0.333. The molecule has 100 valence electrons. The van der Waals surface area contributed by atoms with Gasteiger partial charge in [-0.2, -0.15) is 0 Å². The van der Waals surface area contributed by atoms with E-state index in [1.54, 1.807) is 6.20 Å². The van der Waals surface area contributed by atoms with Gasteiger partial charge in [0, 0.05) is 17.6 Å². The summed E-state index contributed by atoms with van der Waals surface area (Å²) in [5, 5.41) is 13.3. The lowest BCUT2D eigenvalue weighted by atomic mass is 10.0. The number of carboxylic acid groups (broad SMARTS) is 1. The van der Waals surface area contributed by atoms with E-state index >= 15 is 0 Å². The smallest absolute Gasteiger partial charge is 0.305 e. The summed E-state index contributed by atoms with van der Waals surface area (Å²) in [5.41, 5.74) is 1.92. The Kier molecular flexibility index (Phi) is 4.47. The van der Waals surface area contributed by atoms with E-state index in [1.165, 1.54) is 0 Å². The van der Waals surface area contributed by atoms with Gasteiger partial charge in [-0.1, -0.05) is 19.1 Å². The average molecular weight is 258 g/mol. The molecule has 1 atom stereocenters. The second-order valence-electron chi connectivity index (χ2n) is 4.56. The molecule has 0 aliphatic heterocycles. The van der Waals surface area contributed by atoms with Gasteiger partial charge in [0.25, 0.3) is 0 Å². The van der Waals surface area contributed by atoms with E-state index in [0.29, 0.717) is 0 Å². The number of fused-ring (bicyclic) bond motifs is 1. The zero-order chi connectivity index (χ0) is 13.7. The van der Waals surface area contributed by atoms with Crippen LogP contribution in [0.15, 0.2) is 36.5 Å². The minimum atomic E-state index is -0.792. The second kappa shape index (κ2) is 6.29. The van der Waals surface area contributed by atoms with Crippen LogP contribution < -0.4 is 5.32 Å². The van der Waals surface area contributed by atoms with Crippen LogP contribution in [-0.2, 0) is 4.79 Å². The Hall–Kier alpha value is -1.94. The van der Waals surface area contributed by atoms with Gasteiger partial charge >= 0.3 is 5.97 Å². The summed E-state index contributed by atoms with van der Waals surface area (Å²) in [6, 6.07) is 9.63. The number of hydrogen-bond donors (Lipinski definition) is 2. The zero-order valence-corrected chi connectivity index (χ0v) is 11.0. The Bertz CT molecular complexity index is 569. The normalized spacial score (nSPS) is 12.5. The highest BCUT2D eigenvalue weighted by Gasteiger charge is 2.15. The van der Waals surface area contributed by atoms with E-state index in [4.69, 9.17) is 5.11 Å². The molecule has 0 spiro atoms. The number of carboxylic acids is 1. The molecular formula is C15H18N2O2. The van der Waals surface area contributed by atoms with Crippen LogP contribution in [-0.4, -0.2) is 22.6 Å². The monoisotopic (exact) mass is 258 g/mol. The molecule has 1 heterocycles. The van der Waals surface area contributed by atoms with Gasteiger partial charge < -0.3 is 10.4 Å². The van der Waals surface area contributed by atoms with Crippen molar-refractivity contribution < 1.29 is 9.90 Å². The quantitative estimate of drug-likeness (QED) is 0.836. The fourth-order valence-corrected chi connectivity index (χ4v) is 2.11. The van der Waals surface area contributed by atoms with Gasteiger partial charge in [-0.15, -0.1) is 0 Å². The molecule has 0 fully saturated rings. The maximum atomic E-state index is 11.0. The van der Waals surface area contributed by atoms with Crippen LogP contribution in [0.1, 0.15) is 31.4 Å². The van der Waals surface area contributed by atoms with Crippen LogP contribution in [0.5, 0.6) is 0 Å². The lowest BCUT2D eigenvalue weighted by Gasteiger charge is -2.17. The van der Waals surface area contributed by atoms with Crippen LogP contribution in [0.25, 0.3) is 10.9 Å². The molecule has 2 rings (SSSR count). The molecule has 4 heteroatoms. The molecule has 0 bridgehead atoms. The average Bonchev–Trinajstić information content (AvgIpc) is 2.42. The van der Waals surface area contributed by atoms with Gasteiger partial charge in [-0.05, 0) is 36.7 Å². The first kappa shape index (κ1) is 13.5. The first-order chi connectivity index (χ1) is 9.20. The molecule has 4 nitrogen and oxygen atoms in total. The van der Waals surface area contributed by atoms with Crippen LogP contribution in [0, 0.1) is 0 Å². The molecule has 0 saturated heterocycles. The van der Waals surface area contributed by atoms with Crippen molar-refractivity contribution in [2.75, 3.05) is 6.54 Å². The van der Waals surface area contributed by atoms with E-state index in [1.807, 2.05) is 30.3 Å². The molecule has 0 amide bonds. The zero-order valence-electron chi connectivity index (χ0n) is 11.0. The third-order valence-electron chi connectivity index (χ3n) is 3.05. The number of rotatable bonds is 6. The molecule has 19 heavy (non-hydrogen) atoms. The van der Waals surface area contributed by atoms with Crippen molar-refractivity contribution in [3.05, 3.63) is 42.1 Å². The summed E-state index contributed by atoms with van der Waals surface area (Å²) in [7, 11) is 0. The van der Waals surface area contributed by atoms with Crippen molar-refractivity contribution >= 4 is 16.9 Å². The number of pyridine rings is 1. The number of aromatic nitrogens is 1. The van der Waals surface area contributed by atoms with Gasteiger partial charge in [-0.25, -0.2) is 0 Å². The summed E-state index contributed by atoms with van der Waals surface area (Å²) >= 11 is 0. The minimum Gasteiger partial charge on any atom is -0.481 e. The Balaban J connectivity index is 2.29. The van der Waals surface area contributed by atoms with E-state index in [2.05, 4.69) is 17.2 Å². The molecule has 0 aliphatic rings. The lowest BCUT2D eigenvalue weighted by Crippen LogP contribution is -2.24. The molecule has 1 aromatic heterocycles. The van der Waals surface area contributed by atoms with Crippen LogP contribution in [0.3, 0.4) is 0 Å². The van der Waals surface area contributed by atoms with E-state index in [0.717, 1.165) is 29.4 Å². The van der Waals surface area contributed by atoms with Crippen molar-refractivity contribution in [2.45, 2.75) is 25.8 Å². The molecule has 0 aliphatic carbocycles. The topological polar surface area (TPSA) is 62.2 Å². The number of aliphatic carboxylic acids is 1. The Morgan fingerprint density at radius 3 is 3.00 bits per heavy atom. The van der Waals surface area contributed by atoms with E-state index in [9.17, 15) is 4.79 Å². The maximum Gasteiger partial charge on any atom is 0.305 e. The third-order valence-corrected chi connectivity index (χ3v) is 3.05. The number of nitrogens with zero attached hydrogens (tertiary/aromatic N) is 1. The Morgan fingerprint density at radius 2 is 2.26 bits per heavy atom. The van der Waals surface area contributed by atoms with Crippen LogP contribution >= 0.6 is 0 Å². The van der Waals surface area contributed by atoms with E-state index < -0.39 is 5.97 Å². The largest absolute Gasteiger partial charge is 0.481 e. The molecule has 0 saturated carbocycles. The first-order valence-electron chi connectivity index (χ1n) is 6.50. The summed E-state index contributed by atoms with van der Waals surface area (Å²) < 4.78 is 0. The number of hydrogen-bond acceptors (Lipinski definition) is 3. The van der Waals surface area contributed by atoms with Gasteiger partial charge in [0.2, 0.25) is 0 Å². The summed E-state index contributed by atoms with van der Waals surface area (Å²) in [4.78, 5) is 15.2. The van der Waals surface area contributed by atoms with Crippen molar-refractivity contribution in [2.24, 2.45) is 0 Å². The summed E-state index contributed by atoms with van der Waals surface area (Å²) in [5.74, 6) is -0.792. The van der Waals surface area contributed by atoms with Gasteiger partial charge in [0.15, 0.2) is 0 Å². The molecule has 2 aromatic rings. The summed E-state index contributed by atoms with van der Waals surface area (Å²) in [6.07, 6.45) is 2.82. The highest BCUT2D eigenvalue weighted by atomic mass is 16.4. The summed E-state index contributed by atoms with van der Waals surface area (Å²) in [6.45, 7) is 2.87. The van der Waals surface area contributed by atoms with Crippen molar-refractivity contribution in [3.63, 3.8) is 0 Å². The van der Waals surface area contributed by atoms with Crippen LogP contribution in [0.2, 0.25) is 0 Å². The Morgan fingerprint density at radius 1 is 1.42 bits per heavy atom. The van der Waals surface area contributed by atoms with Crippen LogP contribution in [0.4, 0.5) is 0 Å². The number of carbonyl (C=O) groups is 1. The predicted molar refractivity (Wildman–Crippen MR) is 75.0 cm³/mol. The lowest BCUT2D eigenvalue weighted by molar-refractivity contribution is -0.137. The van der Waals surface area contributed by atoms with Gasteiger partial charge in [0.1, 0.15) is 0 Å². The Labute approximate surface area is 112 Å². The van der Waals surface area contributed by atoms with Gasteiger partial charge in [-0.3, -0.25) is 9.78 Å². The van der Waals surface area contributed by atoms with Gasteiger partial charge in [0.05, 0.1) is 11.9 Å². The third kappa shape index (κ3) is 3.51. The second-order valence-corrected chi connectivity index (χ2v) is 4.56. The number of benzene rings is 1. The molecular weight excluding hydrogens is 240 g/mol. The highest BCUT2D eigenvalue weighted by molar-refractivity contribution is 5.79. The first-order valence-corrected chi connectivity index (χ1v) is 6.50. The number of nitrogens with one attached hydrogen (secondary N) is 1. The molecule has 0 radical (unpaired) electrons. The minimum absolute atomic E-state index is 0.0891. The maximum absolute atomic E-state index is 11.0.